The van der Waals surface area contributed by atoms with E-state index in [1.807, 2.05) is 0 Å². The van der Waals surface area contributed by atoms with Crippen LogP contribution in [0.3, 0.4) is 0 Å². The van der Waals surface area contributed by atoms with Gasteiger partial charge >= 0.3 is 0 Å². The average molecular weight is 226 g/mol. The predicted octanol–water partition coefficient (Wildman–Crippen LogP) is 2.88. The van der Waals surface area contributed by atoms with Crippen LogP contribution in [0, 0.1) is 17.5 Å². The molecule has 0 aliphatic carbocycles. The molecule has 16 heavy (non-hydrogen) atoms. The van der Waals surface area contributed by atoms with Gasteiger partial charge in [0.15, 0.2) is 11.6 Å². The second-order valence-electron chi connectivity index (χ2n) is 3.39. The Morgan fingerprint density at radius 1 is 1.06 bits per heavy atom. The van der Waals surface area contributed by atoms with Gasteiger partial charge in [0.25, 0.3) is 0 Å². The number of nitrogen functional groups attached to an aromatic ring is 1. The molecule has 0 radical (unpaired) electrons. The molecule has 0 unspecified atom stereocenters. The Labute approximate surface area is 89.9 Å². The van der Waals surface area contributed by atoms with E-state index >= 15 is 0 Å². The fourth-order valence-electron chi connectivity index (χ4n) is 1.68. The smallest absolute Gasteiger partial charge is 0.182 e. The van der Waals surface area contributed by atoms with Crippen molar-refractivity contribution in [1.29, 1.82) is 0 Å². The summed E-state index contributed by atoms with van der Waals surface area (Å²) in [6.45, 7) is 0. The van der Waals surface area contributed by atoms with E-state index in [1.54, 1.807) is 0 Å². The second-order valence-corrected chi connectivity index (χ2v) is 3.39. The molecule has 0 saturated carbocycles. The molecule has 0 spiro atoms. The quantitative estimate of drug-likeness (QED) is 0.734. The molecule has 84 valence electrons. The highest BCUT2D eigenvalue weighted by molar-refractivity contribution is 6.01. The molecule has 2 aromatic rings. The van der Waals surface area contributed by atoms with Crippen molar-refractivity contribution in [1.82, 2.24) is 0 Å². The molecule has 0 heterocycles. The molecular weight excluding hydrogens is 217 g/mol. The van der Waals surface area contributed by atoms with Gasteiger partial charge in [-0.15, -0.1) is 0 Å². The monoisotopic (exact) mass is 226 g/mol. The van der Waals surface area contributed by atoms with Crippen molar-refractivity contribution in [3.8, 4) is 0 Å². The zero-order chi connectivity index (χ0) is 11.9. The number of hydrogen-bond donors (Lipinski definition) is 2. The predicted molar refractivity (Wildman–Crippen MR) is 57.8 cm³/mol. The number of rotatable bonds is 1. The van der Waals surface area contributed by atoms with E-state index in [0.717, 1.165) is 18.2 Å². The van der Waals surface area contributed by atoms with Crippen molar-refractivity contribution >= 4 is 22.1 Å². The Hall–Kier alpha value is -1.91. The average Bonchev–Trinajstić information content (AvgIpc) is 2.22. The summed E-state index contributed by atoms with van der Waals surface area (Å²) in [5, 5.41) is 3.00. The first-order chi connectivity index (χ1) is 7.54. The zero-order valence-electron chi connectivity index (χ0n) is 8.44. The Morgan fingerprint density at radius 2 is 1.75 bits per heavy atom. The standard InChI is InChI=1S/C11H9F3N2/c1-16-11-7-2-5(12)3-9(15)6(7)4-8(13)10(11)14/h2-4,16H,15H2,1H3. The fraction of sp³-hybridized carbons (Fsp3) is 0.0909. The first-order valence-corrected chi connectivity index (χ1v) is 4.59. The molecule has 0 amide bonds. The highest BCUT2D eigenvalue weighted by Gasteiger charge is 2.14. The van der Waals surface area contributed by atoms with Gasteiger partial charge in [0.1, 0.15) is 5.82 Å². The summed E-state index contributed by atoms with van der Waals surface area (Å²) in [5.74, 6) is -2.65. The normalized spacial score (nSPS) is 10.8. The van der Waals surface area contributed by atoms with Gasteiger partial charge in [-0.3, -0.25) is 0 Å². The largest absolute Gasteiger partial charge is 0.398 e. The lowest BCUT2D eigenvalue weighted by molar-refractivity contribution is 0.513. The summed E-state index contributed by atoms with van der Waals surface area (Å²) >= 11 is 0. The summed E-state index contributed by atoms with van der Waals surface area (Å²) in [4.78, 5) is 0. The van der Waals surface area contributed by atoms with Crippen LogP contribution in [-0.4, -0.2) is 7.05 Å². The van der Waals surface area contributed by atoms with Crippen LogP contribution in [0.1, 0.15) is 0 Å². The van der Waals surface area contributed by atoms with Crippen LogP contribution in [0.25, 0.3) is 10.8 Å². The molecule has 2 aromatic carbocycles. The number of anilines is 2. The highest BCUT2D eigenvalue weighted by atomic mass is 19.2. The molecule has 0 bridgehead atoms. The van der Waals surface area contributed by atoms with Crippen molar-refractivity contribution in [3.05, 3.63) is 35.7 Å². The summed E-state index contributed by atoms with van der Waals surface area (Å²) in [5.41, 5.74) is 5.52. The fourth-order valence-corrected chi connectivity index (χ4v) is 1.68. The van der Waals surface area contributed by atoms with E-state index in [-0.39, 0.29) is 22.1 Å². The number of nitrogens with two attached hydrogens (primary N) is 1. The SMILES string of the molecule is CNc1c(F)c(F)cc2c(N)cc(F)cc12. The maximum absolute atomic E-state index is 13.4. The maximum atomic E-state index is 13.4. The molecule has 0 aliphatic heterocycles. The first-order valence-electron chi connectivity index (χ1n) is 4.59. The summed E-state index contributed by atoms with van der Waals surface area (Å²) in [6, 6.07) is 3.14. The molecule has 3 N–H and O–H groups in total. The molecule has 0 aromatic heterocycles. The first kappa shape index (κ1) is 10.6. The summed E-state index contributed by atoms with van der Waals surface area (Å²) in [7, 11) is 1.43. The van der Waals surface area contributed by atoms with Gasteiger partial charge in [-0.05, 0) is 18.2 Å². The van der Waals surface area contributed by atoms with Gasteiger partial charge in [0.05, 0.1) is 5.69 Å². The van der Waals surface area contributed by atoms with Crippen LogP contribution >= 0.6 is 0 Å². The highest BCUT2D eigenvalue weighted by Crippen LogP contribution is 2.32. The third-order valence-electron chi connectivity index (χ3n) is 2.40. The van der Waals surface area contributed by atoms with Gasteiger partial charge in [0, 0.05) is 23.5 Å². The molecule has 5 heteroatoms. The molecular formula is C11H9F3N2. The minimum absolute atomic E-state index is 0.0744. The van der Waals surface area contributed by atoms with Crippen molar-refractivity contribution < 1.29 is 13.2 Å². The van der Waals surface area contributed by atoms with Crippen LogP contribution in [0.2, 0.25) is 0 Å². The van der Waals surface area contributed by atoms with E-state index in [1.165, 1.54) is 7.05 Å². The lowest BCUT2D eigenvalue weighted by Gasteiger charge is -2.10. The van der Waals surface area contributed by atoms with Gasteiger partial charge in [-0.25, -0.2) is 13.2 Å². The van der Waals surface area contributed by atoms with E-state index in [0.29, 0.717) is 0 Å². The van der Waals surface area contributed by atoms with E-state index in [4.69, 9.17) is 5.73 Å². The van der Waals surface area contributed by atoms with Crippen LogP contribution in [0.4, 0.5) is 24.5 Å². The van der Waals surface area contributed by atoms with Gasteiger partial charge < -0.3 is 11.1 Å². The Morgan fingerprint density at radius 3 is 2.38 bits per heavy atom. The third-order valence-corrected chi connectivity index (χ3v) is 2.40. The van der Waals surface area contributed by atoms with Crippen LogP contribution in [-0.2, 0) is 0 Å². The van der Waals surface area contributed by atoms with Gasteiger partial charge in [-0.2, -0.15) is 0 Å². The Balaban J connectivity index is 2.96. The van der Waals surface area contributed by atoms with Crippen molar-refractivity contribution in [2.45, 2.75) is 0 Å². The number of halogens is 3. The maximum Gasteiger partial charge on any atom is 0.182 e. The second kappa shape index (κ2) is 3.59. The topological polar surface area (TPSA) is 38.0 Å². The van der Waals surface area contributed by atoms with Crippen molar-refractivity contribution in [2.75, 3.05) is 18.1 Å². The Bertz CT molecular complexity index is 567. The minimum Gasteiger partial charge on any atom is -0.398 e. The molecule has 0 aliphatic rings. The Kier molecular flexibility index (Phi) is 2.38. The van der Waals surface area contributed by atoms with Crippen LogP contribution < -0.4 is 11.1 Å². The molecule has 0 saturated heterocycles. The molecule has 2 nitrogen and oxygen atoms in total. The summed E-state index contributed by atoms with van der Waals surface area (Å²) < 4.78 is 39.7. The zero-order valence-corrected chi connectivity index (χ0v) is 8.44. The number of nitrogens with one attached hydrogen (secondary N) is 1. The lowest BCUT2D eigenvalue weighted by Crippen LogP contribution is -1.99. The molecule has 2 rings (SSSR count). The molecule has 0 fully saturated rings. The van der Waals surface area contributed by atoms with Crippen LogP contribution in [0.15, 0.2) is 18.2 Å². The van der Waals surface area contributed by atoms with E-state index < -0.39 is 17.5 Å². The lowest BCUT2D eigenvalue weighted by atomic mass is 10.1. The number of fused-ring (bicyclic) bond motifs is 1. The van der Waals surface area contributed by atoms with Gasteiger partial charge in [-0.1, -0.05) is 0 Å². The number of hydrogen-bond acceptors (Lipinski definition) is 2. The van der Waals surface area contributed by atoms with E-state index in [9.17, 15) is 13.2 Å². The van der Waals surface area contributed by atoms with E-state index in [2.05, 4.69) is 5.32 Å². The van der Waals surface area contributed by atoms with Gasteiger partial charge in [0.2, 0.25) is 0 Å². The van der Waals surface area contributed by atoms with Crippen molar-refractivity contribution in [3.63, 3.8) is 0 Å². The number of benzene rings is 2. The third kappa shape index (κ3) is 1.44. The summed E-state index contributed by atoms with van der Waals surface area (Å²) in [6.07, 6.45) is 0. The van der Waals surface area contributed by atoms with Crippen LogP contribution in [0.5, 0.6) is 0 Å². The minimum atomic E-state index is -1.04. The molecule has 0 atom stereocenters. The van der Waals surface area contributed by atoms with Crippen molar-refractivity contribution in [2.24, 2.45) is 0 Å².